The van der Waals surface area contributed by atoms with Crippen LogP contribution in [0.3, 0.4) is 0 Å². The van der Waals surface area contributed by atoms with Gasteiger partial charge in [-0.25, -0.2) is 9.37 Å². The predicted octanol–water partition coefficient (Wildman–Crippen LogP) is 3.87. The Morgan fingerprint density at radius 3 is 2.66 bits per heavy atom. The van der Waals surface area contributed by atoms with Gasteiger partial charge in [0.1, 0.15) is 23.9 Å². The van der Waals surface area contributed by atoms with Gasteiger partial charge in [-0.3, -0.25) is 4.40 Å². The summed E-state index contributed by atoms with van der Waals surface area (Å²) in [5.74, 6) is -0.459. The number of nitrogens with zero attached hydrogens (tertiary/aromatic N) is 5. The van der Waals surface area contributed by atoms with E-state index in [4.69, 9.17) is 0 Å². The van der Waals surface area contributed by atoms with Crippen LogP contribution in [0.5, 0.6) is 5.75 Å². The summed E-state index contributed by atoms with van der Waals surface area (Å²) in [5.41, 5.74) is -0.956. The maximum absolute atomic E-state index is 13.9. The van der Waals surface area contributed by atoms with Crippen molar-refractivity contribution in [2.24, 2.45) is 0 Å². The zero-order valence-electron chi connectivity index (χ0n) is 16.7. The first-order chi connectivity index (χ1) is 15.1. The number of benzene rings is 1. The molecule has 2 atom stereocenters. The fraction of sp³-hybridized carbons (Fsp3) is 0.421. The molecule has 1 fully saturated rings. The van der Waals surface area contributed by atoms with Gasteiger partial charge in [-0.1, -0.05) is 0 Å². The zero-order valence-corrected chi connectivity index (χ0v) is 16.7. The first-order valence-electron chi connectivity index (χ1n) is 9.56. The Balaban J connectivity index is 1.73. The van der Waals surface area contributed by atoms with Gasteiger partial charge in [0.15, 0.2) is 0 Å². The van der Waals surface area contributed by atoms with Crippen LogP contribution in [-0.2, 0) is 6.18 Å². The monoisotopic (exact) mass is 460 g/mol. The molecule has 1 aromatic carbocycles. The highest BCUT2D eigenvalue weighted by molar-refractivity contribution is 5.81. The van der Waals surface area contributed by atoms with Gasteiger partial charge in [0, 0.05) is 31.1 Å². The first-order valence-corrected chi connectivity index (χ1v) is 9.56. The quantitative estimate of drug-likeness (QED) is 0.584. The SMILES string of the molecule is CN1C[C@H](F)C[C@@H](Nc2nnc(-c3ccc(C(F)(F)F)cc3OC(F)F)c3cncn23)C1. The summed E-state index contributed by atoms with van der Waals surface area (Å²) < 4.78 is 84.6. The number of nitrogens with one attached hydrogen (secondary N) is 1. The molecule has 1 N–H and O–H groups in total. The molecule has 0 aliphatic carbocycles. The largest absolute Gasteiger partial charge is 0.434 e. The molecule has 3 aromatic rings. The van der Waals surface area contributed by atoms with E-state index in [1.807, 2.05) is 4.90 Å². The van der Waals surface area contributed by atoms with E-state index in [2.05, 4.69) is 25.2 Å². The molecule has 172 valence electrons. The average molecular weight is 460 g/mol. The number of halogens is 6. The highest BCUT2D eigenvalue weighted by Crippen LogP contribution is 2.38. The van der Waals surface area contributed by atoms with Gasteiger partial charge in [-0.15, -0.1) is 10.2 Å². The molecule has 1 saturated heterocycles. The Labute approximate surface area is 178 Å². The normalized spacial score (nSPS) is 20.1. The van der Waals surface area contributed by atoms with Crippen LogP contribution in [0.25, 0.3) is 16.8 Å². The Morgan fingerprint density at radius 1 is 1.19 bits per heavy atom. The third-order valence-electron chi connectivity index (χ3n) is 5.05. The first kappa shape index (κ1) is 22.1. The smallest absolute Gasteiger partial charge is 0.416 e. The molecule has 13 heteroatoms. The molecule has 0 bridgehead atoms. The van der Waals surface area contributed by atoms with Gasteiger partial charge in [0.2, 0.25) is 5.95 Å². The van der Waals surface area contributed by atoms with Crippen molar-refractivity contribution < 1.29 is 31.1 Å². The number of alkyl halides is 6. The van der Waals surface area contributed by atoms with Crippen molar-refractivity contribution in [1.82, 2.24) is 24.5 Å². The topological polar surface area (TPSA) is 67.6 Å². The molecule has 4 rings (SSSR count). The molecule has 0 amide bonds. The van der Waals surface area contributed by atoms with Crippen LogP contribution in [0.4, 0.5) is 32.3 Å². The van der Waals surface area contributed by atoms with Crippen molar-refractivity contribution in [2.75, 3.05) is 25.5 Å². The van der Waals surface area contributed by atoms with Crippen LogP contribution in [0.15, 0.2) is 30.7 Å². The maximum Gasteiger partial charge on any atom is 0.416 e. The number of likely N-dealkylation sites (N-methyl/N-ethyl adjacent to an activating group) is 1. The van der Waals surface area contributed by atoms with Crippen LogP contribution in [0, 0.1) is 0 Å². The zero-order chi connectivity index (χ0) is 23.0. The van der Waals surface area contributed by atoms with E-state index >= 15 is 0 Å². The number of aromatic nitrogens is 4. The van der Waals surface area contributed by atoms with E-state index < -0.39 is 30.3 Å². The number of piperidine rings is 1. The molecule has 0 unspecified atom stereocenters. The van der Waals surface area contributed by atoms with Crippen LogP contribution in [0.2, 0.25) is 0 Å². The van der Waals surface area contributed by atoms with E-state index in [0.717, 1.165) is 12.1 Å². The number of likely N-dealkylation sites (tertiary alicyclic amines) is 1. The fourth-order valence-electron chi connectivity index (χ4n) is 3.75. The number of anilines is 1. The molecule has 3 heterocycles. The van der Waals surface area contributed by atoms with Crippen molar-refractivity contribution in [3.63, 3.8) is 0 Å². The number of hydrogen-bond acceptors (Lipinski definition) is 6. The molecule has 2 aromatic heterocycles. The summed E-state index contributed by atoms with van der Waals surface area (Å²) in [4.78, 5) is 5.84. The summed E-state index contributed by atoms with van der Waals surface area (Å²) in [6.07, 6.45) is -2.75. The second-order valence-electron chi connectivity index (χ2n) is 7.50. The standard InChI is InChI=1S/C19H18F6N6O/c1-30-7-11(20)5-12(8-30)27-18-29-28-16(14-6-26-9-31(14)18)13-3-2-10(19(23,24)25)4-15(13)32-17(21)22/h2-4,6,9,11-12,17H,5,7-8H2,1H3,(H,27,29)/t11-,12-/m1/s1. The van der Waals surface area contributed by atoms with Crippen LogP contribution in [-0.4, -0.2) is 63.4 Å². The fourth-order valence-corrected chi connectivity index (χ4v) is 3.75. The molecule has 0 radical (unpaired) electrons. The third kappa shape index (κ3) is 4.56. The van der Waals surface area contributed by atoms with Gasteiger partial charge in [0.05, 0.1) is 17.3 Å². The maximum atomic E-state index is 13.9. The second-order valence-corrected chi connectivity index (χ2v) is 7.50. The molecular weight excluding hydrogens is 442 g/mol. The highest BCUT2D eigenvalue weighted by Gasteiger charge is 2.32. The summed E-state index contributed by atoms with van der Waals surface area (Å²) >= 11 is 0. The Hall–Kier alpha value is -3.09. The number of ether oxygens (including phenoxy) is 1. The van der Waals surface area contributed by atoms with Crippen molar-refractivity contribution in [3.8, 4) is 17.0 Å². The second kappa shape index (κ2) is 8.45. The molecular formula is C19H18F6N6O. The van der Waals surface area contributed by atoms with Gasteiger partial charge in [-0.05, 0) is 25.2 Å². The lowest BCUT2D eigenvalue weighted by Gasteiger charge is -2.32. The van der Waals surface area contributed by atoms with Crippen LogP contribution < -0.4 is 10.1 Å². The molecule has 7 nitrogen and oxygen atoms in total. The number of rotatable bonds is 5. The molecule has 0 spiro atoms. The van der Waals surface area contributed by atoms with E-state index in [1.54, 1.807) is 7.05 Å². The predicted molar refractivity (Wildman–Crippen MR) is 102 cm³/mol. The van der Waals surface area contributed by atoms with Gasteiger partial charge < -0.3 is 15.0 Å². The lowest BCUT2D eigenvalue weighted by Crippen LogP contribution is -2.45. The number of imidazole rings is 1. The third-order valence-corrected chi connectivity index (χ3v) is 5.05. The number of hydrogen-bond donors (Lipinski definition) is 1. The number of fused-ring (bicyclic) bond motifs is 1. The Kier molecular flexibility index (Phi) is 5.84. The van der Waals surface area contributed by atoms with Crippen molar-refractivity contribution in [2.45, 2.75) is 31.4 Å². The summed E-state index contributed by atoms with van der Waals surface area (Å²) in [6.45, 7) is -2.46. The Bertz CT molecular complexity index is 1090. The Morgan fingerprint density at radius 2 is 1.97 bits per heavy atom. The van der Waals surface area contributed by atoms with Gasteiger partial charge >= 0.3 is 12.8 Å². The van der Waals surface area contributed by atoms with E-state index in [-0.39, 0.29) is 29.7 Å². The molecule has 0 saturated carbocycles. The minimum absolute atomic E-state index is 0.00144. The van der Waals surface area contributed by atoms with Crippen molar-refractivity contribution >= 4 is 11.5 Å². The van der Waals surface area contributed by atoms with E-state index in [0.29, 0.717) is 24.7 Å². The van der Waals surface area contributed by atoms with Gasteiger partial charge in [0.25, 0.3) is 0 Å². The lowest BCUT2D eigenvalue weighted by atomic mass is 10.1. The van der Waals surface area contributed by atoms with Crippen molar-refractivity contribution in [1.29, 1.82) is 0 Å². The van der Waals surface area contributed by atoms with Crippen LogP contribution in [0.1, 0.15) is 12.0 Å². The minimum atomic E-state index is -4.74. The summed E-state index contributed by atoms with van der Waals surface area (Å²) in [6, 6.07) is 1.96. The van der Waals surface area contributed by atoms with Crippen LogP contribution >= 0.6 is 0 Å². The summed E-state index contributed by atoms with van der Waals surface area (Å²) in [7, 11) is 1.79. The lowest BCUT2D eigenvalue weighted by molar-refractivity contribution is -0.138. The molecule has 32 heavy (non-hydrogen) atoms. The van der Waals surface area contributed by atoms with E-state index in [1.165, 1.54) is 16.9 Å². The molecule has 1 aliphatic rings. The average Bonchev–Trinajstić information content (AvgIpc) is 3.17. The summed E-state index contributed by atoms with van der Waals surface area (Å²) in [5, 5.41) is 11.2. The van der Waals surface area contributed by atoms with Crippen molar-refractivity contribution in [3.05, 3.63) is 36.3 Å². The van der Waals surface area contributed by atoms with E-state index in [9.17, 15) is 26.3 Å². The minimum Gasteiger partial charge on any atom is -0.434 e. The molecule has 1 aliphatic heterocycles. The highest BCUT2D eigenvalue weighted by atomic mass is 19.4. The van der Waals surface area contributed by atoms with Gasteiger partial charge in [-0.2, -0.15) is 22.0 Å².